The van der Waals surface area contributed by atoms with Gasteiger partial charge in [-0.3, -0.25) is 4.79 Å². The summed E-state index contributed by atoms with van der Waals surface area (Å²) in [5.74, 6) is -0.229. The largest absolute Gasteiger partial charge is 0.471 e. The molecule has 0 bridgehead atoms. The Hall–Kier alpha value is -3.08. The summed E-state index contributed by atoms with van der Waals surface area (Å²) in [6.07, 6.45) is -0.928. The fourth-order valence-corrected chi connectivity index (χ4v) is 2.66. The van der Waals surface area contributed by atoms with Gasteiger partial charge in [0.2, 0.25) is 11.2 Å². The van der Waals surface area contributed by atoms with E-state index in [4.69, 9.17) is 13.9 Å². The Morgan fingerprint density at radius 3 is 2.58 bits per heavy atom. The summed E-state index contributed by atoms with van der Waals surface area (Å²) in [7, 11) is 0. The first-order chi connectivity index (χ1) is 12.5. The normalized spacial score (nSPS) is 12.0. The van der Waals surface area contributed by atoms with E-state index in [-0.39, 0.29) is 17.8 Å². The number of carbonyl (C=O) groups excluding carboxylic acids is 1. The Bertz CT molecular complexity index is 988. The molecule has 3 rings (SSSR count). The summed E-state index contributed by atoms with van der Waals surface area (Å²) >= 11 is 0. The lowest BCUT2D eigenvalue weighted by atomic mass is 10.1. The molecule has 0 spiro atoms. The fraction of sp³-hybridized carbons (Fsp3) is 0.238. The second-order valence-electron chi connectivity index (χ2n) is 5.97. The zero-order chi connectivity index (χ0) is 18.7. The van der Waals surface area contributed by atoms with Crippen molar-refractivity contribution in [1.29, 1.82) is 0 Å². The van der Waals surface area contributed by atoms with Gasteiger partial charge >= 0.3 is 5.97 Å². The molecule has 0 aliphatic carbocycles. The summed E-state index contributed by atoms with van der Waals surface area (Å²) in [4.78, 5) is 25.0. The molecule has 0 N–H and O–H groups in total. The van der Waals surface area contributed by atoms with E-state index in [9.17, 15) is 9.59 Å². The van der Waals surface area contributed by atoms with Crippen LogP contribution in [0.2, 0.25) is 0 Å². The molecule has 0 saturated carbocycles. The number of aryl methyl sites for hydroxylation is 1. The molecule has 0 aliphatic heterocycles. The van der Waals surface area contributed by atoms with Gasteiger partial charge < -0.3 is 13.9 Å². The fourth-order valence-electron chi connectivity index (χ4n) is 2.66. The average Bonchev–Trinajstić information content (AvgIpc) is 2.65. The van der Waals surface area contributed by atoms with Crippen molar-refractivity contribution in [3.63, 3.8) is 0 Å². The van der Waals surface area contributed by atoms with E-state index in [0.29, 0.717) is 22.3 Å². The molecule has 5 heteroatoms. The van der Waals surface area contributed by atoms with Crippen molar-refractivity contribution in [3.8, 4) is 17.1 Å². The van der Waals surface area contributed by atoms with Gasteiger partial charge in [-0.05, 0) is 32.9 Å². The maximum absolute atomic E-state index is 13.1. The van der Waals surface area contributed by atoms with Crippen LogP contribution in [0.25, 0.3) is 22.3 Å². The molecule has 0 fully saturated rings. The molecule has 0 saturated heterocycles. The molecular formula is C21H20O5. The highest BCUT2D eigenvalue weighted by Crippen LogP contribution is 2.31. The number of esters is 1. The maximum Gasteiger partial charge on any atom is 0.347 e. The van der Waals surface area contributed by atoms with Crippen LogP contribution in [0.4, 0.5) is 0 Å². The van der Waals surface area contributed by atoms with Crippen molar-refractivity contribution >= 4 is 16.9 Å². The summed E-state index contributed by atoms with van der Waals surface area (Å²) in [5, 5.41) is 0.413. The van der Waals surface area contributed by atoms with E-state index in [0.717, 1.165) is 5.56 Å². The second-order valence-corrected chi connectivity index (χ2v) is 5.97. The van der Waals surface area contributed by atoms with E-state index in [1.54, 1.807) is 26.0 Å². The average molecular weight is 352 g/mol. The molecule has 2 aromatic carbocycles. The maximum atomic E-state index is 13.1. The third-order valence-electron chi connectivity index (χ3n) is 3.95. The quantitative estimate of drug-likeness (QED) is 0.647. The molecule has 0 radical (unpaired) electrons. The molecule has 1 heterocycles. The van der Waals surface area contributed by atoms with E-state index >= 15 is 0 Å². The molecule has 1 atom stereocenters. The number of ether oxygens (including phenoxy) is 2. The number of hydrogen-bond acceptors (Lipinski definition) is 5. The van der Waals surface area contributed by atoms with E-state index in [1.165, 1.54) is 0 Å². The molecular weight excluding hydrogens is 332 g/mol. The highest BCUT2D eigenvalue weighted by molar-refractivity contribution is 5.83. The summed E-state index contributed by atoms with van der Waals surface area (Å²) in [6, 6.07) is 14.6. The van der Waals surface area contributed by atoms with Crippen molar-refractivity contribution in [2.45, 2.75) is 26.9 Å². The molecule has 3 aromatic rings. The summed E-state index contributed by atoms with van der Waals surface area (Å²) < 4.78 is 16.7. The minimum absolute atomic E-state index is 0.00912. The van der Waals surface area contributed by atoms with Crippen molar-refractivity contribution in [3.05, 3.63) is 64.3 Å². The van der Waals surface area contributed by atoms with Crippen LogP contribution in [0, 0.1) is 6.92 Å². The van der Waals surface area contributed by atoms with E-state index in [1.807, 2.05) is 43.3 Å². The van der Waals surface area contributed by atoms with Gasteiger partial charge in [0.25, 0.3) is 0 Å². The lowest BCUT2D eigenvalue weighted by molar-refractivity contribution is -0.150. The molecule has 26 heavy (non-hydrogen) atoms. The first-order valence-electron chi connectivity index (χ1n) is 8.47. The third kappa shape index (κ3) is 3.47. The summed E-state index contributed by atoms with van der Waals surface area (Å²) in [6.45, 7) is 5.40. The van der Waals surface area contributed by atoms with Gasteiger partial charge in [0.1, 0.15) is 5.58 Å². The number of rotatable bonds is 5. The standard InChI is InChI=1S/C21H20O5/c1-4-24-21(23)14(3)25-20-18(22)16-12-13(2)10-11-17(16)26-19(20)15-8-6-5-7-9-15/h5-12,14H,4H2,1-3H3/t14-/m0/s1. The van der Waals surface area contributed by atoms with Gasteiger partial charge in [-0.15, -0.1) is 0 Å². The van der Waals surface area contributed by atoms with Crippen LogP contribution in [0.3, 0.4) is 0 Å². The molecule has 0 aliphatic rings. The zero-order valence-corrected chi connectivity index (χ0v) is 14.9. The lowest BCUT2D eigenvalue weighted by Gasteiger charge is -2.16. The van der Waals surface area contributed by atoms with Crippen LogP contribution in [0.1, 0.15) is 19.4 Å². The molecule has 5 nitrogen and oxygen atoms in total. The topological polar surface area (TPSA) is 65.7 Å². The Balaban J connectivity index is 2.19. The molecule has 0 amide bonds. The number of fused-ring (bicyclic) bond motifs is 1. The lowest BCUT2D eigenvalue weighted by Crippen LogP contribution is -2.28. The van der Waals surface area contributed by atoms with Gasteiger partial charge in [0.05, 0.1) is 12.0 Å². The predicted molar refractivity (Wildman–Crippen MR) is 99.4 cm³/mol. The smallest absolute Gasteiger partial charge is 0.347 e. The van der Waals surface area contributed by atoms with Gasteiger partial charge in [-0.25, -0.2) is 4.79 Å². The van der Waals surface area contributed by atoms with Gasteiger partial charge in [0.15, 0.2) is 11.9 Å². The van der Waals surface area contributed by atoms with Crippen molar-refractivity contribution in [1.82, 2.24) is 0 Å². The van der Waals surface area contributed by atoms with Crippen LogP contribution in [-0.2, 0) is 9.53 Å². The monoisotopic (exact) mass is 352 g/mol. The second kappa shape index (κ2) is 7.44. The first kappa shape index (κ1) is 17.7. The van der Waals surface area contributed by atoms with Crippen molar-refractivity contribution in [2.24, 2.45) is 0 Å². The Kier molecular flexibility index (Phi) is 5.07. The van der Waals surface area contributed by atoms with E-state index < -0.39 is 12.1 Å². The zero-order valence-electron chi connectivity index (χ0n) is 14.9. The van der Waals surface area contributed by atoms with Crippen molar-refractivity contribution < 1.29 is 18.7 Å². The van der Waals surface area contributed by atoms with Crippen LogP contribution in [0.15, 0.2) is 57.7 Å². The molecule has 1 aromatic heterocycles. The number of benzene rings is 2. The van der Waals surface area contributed by atoms with Crippen LogP contribution in [0.5, 0.6) is 5.75 Å². The number of hydrogen-bond donors (Lipinski definition) is 0. The minimum atomic E-state index is -0.928. The highest BCUT2D eigenvalue weighted by atomic mass is 16.6. The summed E-state index contributed by atoms with van der Waals surface area (Å²) in [5.41, 5.74) is 1.78. The van der Waals surface area contributed by atoms with Crippen LogP contribution >= 0.6 is 0 Å². The Labute approximate surface area is 151 Å². The third-order valence-corrected chi connectivity index (χ3v) is 3.95. The molecule has 134 valence electrons. The number of carbonyl (C=O) groups is 1. The van der Waals surface area contributed by atoms with Crippen LogP contribution < -0.4 is 10.2 Å². The predicted octanol–water partition coefficient (Wildman–Crippen LogP) is 4.10. The van der Waals surface area contributed by atoms with Gasteiger partial charge in [-0.2, -0.15) is 0 Å². The van der Waals surface area contributed by atoms with Crippen LogP contribution in [-0.4, -0.2) is 18.7 Å². The first-order valence-corrected chi connectivity index (χ1v) is 8.47. The Morgan fingerprint density at radius 1 is 1.15 bits per heavy atom. The van der Waals surface area contributed by atoms with Gasteiger partial charge in [0, 0.05) is 5.56 Å². The highest BCUT2D eigenvalue weighted by Gasteiger charge is 2.23. The minimum Gasteiger partial charge on any atom is -0.471 e. The van der Waals surface area contributed by atoms with E-state index in [2.05, 4.69) is 0 Å². The SMILES string of the molecule is CCOC(=O)[C@H](C)Oc1c(-c2ccccc2)oc2ccc(C)cc2c1=O. The molecule has 0 unspecified atom stereocenters. The van der Waals surface area contributed by atoms with Crippen molar-refractivity contribution in [2.75, 3.05) is 6.61 Å². The van der Waals surface area contributed by atoms with Gasteiger partial charge in [-0.1, -0.05) is 42.0 Å². The Morgan fingerprint density at radius 2 is 1.88 bits per heavy atom.